The van der Waals surface area contributed by atoms with E-state index < -0.39 is 23.8 Å². The van der Waals surface area contributed by atoms with Crippen molar-refractivity contribution in [2.45, 2.75) is 18.3 Å². The minimum absolute atomic E-state index is 0.00535. The molecule has 0 N–H and O–H groups in total. The van der Waals surface area contributed by atoms with Crippen LogP contribution >= 0.6 is 39.1 Å². The highest BCUT2D eigenvalue weighted by molar-refractivity contribution is 9.10. The first kappa shape index (κ1) is 21.1. The zero-order valence-corrected chi connectivity index (χ0v) is 15.7. The molecule has 2 aromatic rings. The maximum Gasteiger partial charge on any atom is 0.416 e. The van der Waals surface area contributed by atoms with E-state index in [2.05, 4.69) is 15.9 Å². The fraction of sp³-hybridized carbons (Fsp3) is 0.176. The van der Waals surface area contributed by atoms with Gasteiger partial charge in [0.05, 0.1) is 26.0 Å². The second kappa shape index (κ2) is 7.82. The Morgan fingerprint density at radius 2 is 1.50 bits per heavy atom. The van der Waals surface area contributed by atoms with Crippen LogP contribution in [-0.4, -0.2) is 6.18 Å². The molecule has 0 amide bonds. The van der Waals surface area contributed by atoms with Crippen LogP contribution in [0.3, 0.4) is 0 Å². The van der Waals surface area contributed by atoms with E-state index in [1.807, 2.05) is 0 Å². The molecule has 0 radical (unpaired) electrons. The van der Waals surface area contributed by atoms with Gasteiger partial charge in [-0.3, -0.25) is 0 Å². The van der Waals surface area contributed by atoms with Crippen LogP contribution in [0, 0.1) is 0 Å². The van der Waals surface area contributed by atoms with Crippen molar-refractivity contribution in [2.75, 3.05) is 0 Å². The molecule has 0 aromatic heterocycles. The zero-order valence-electron chi connectivity index (χ0n) is 12.6. The van der Waals surface area contributed by atoms with Crippen molar-refractivity contribution in [3.8, 4) is 0 Å². The predicted octanol–water partition coefficient (Wildman–Crippen LogP) is 8.13. The molecule has 2 aromatic carbocycles. The summed E-state index contributed by atoms with van der Waals surface area (Å²) in [4.78, 5) is 0. The van der Waals surface area contributed by atoms with E-state index in [9.17, 15) is 26.3 Å². The fourth-order valence-electron chi connectivity index (χ4n) is 2.19. The molecule has 26 heavy (non-hydrogen) atoms. The largest absolute Gasteiger partial charge is 0.416 e. The molecule has 0 saturated heterocycles. The monoisotopic (exact) mass is 476 g/mol. The third kappa shape index (κ3) is 5.18. The highest BCUT2D eigenvalue weighted by Crippen LogP contribution is 2.41. The average Bonchev–Trinajstić information content (AvgIpc) is 2.51. The minimum Gasteiger partial charge on any atom is -0.170 e. The van der Waals surface area contributed by atoms with Crippen LogP contribution in [0.4, 0.5) is 26.3 Å². The molecule has 0 aliphatic heterocycles. The Morgan fingerprint density at radius 3 is 2.00 bits per heavy atom. The molecule has 9 heteroatoms. The van der Waals surface area contributed by atoms with Crippen molar-refractivity contribution in [3.63, 3.8) is 0 Å². The van der Waals surface area contributed by atoms with Crippen LogP contribution in [0.2, 0.25) is 10.0 Å². The van der Waals surface area contributed by atoms with Crippen LogP contribution in [0.1, 0.15) is 22.6 Å². The quantitative estimate of drug-likeness (QED) is 0.309. The number of hydrogen-bond donors (Lipinski definition) is 0. The fourth-order valence-corrected chi connectivity index (χ4v) is 2.92. The molecule has 0 nitrogen and oxygen atoms in total. The van der Waals surface area contributed by atoms with E-state index in [-0.39, 0.29) is 25.6 Å². The van der Waals surface area contributed by atoms with Gasteiger partial charge in [0.1, 0.15) is 0 Å². The summed E-state index contributed by atoms with van der Waals surface area (Å²) in [5.41, 5.74) is -1.18. The lowest BCUT2D eigenvalue weighted by atomic mass is 9.97. The van der Waals surface area contributed by atoms with E-state index in [4.69, 9.17) is 23.2 Å². The molecule has 0 saturated carbocycles. The van der Waals surface area contributed by atoms with Gasteiger partial charge in [0.15, 0.2) is 0 Å². The van der Waals surface area contributed by atoms with Gasteiger partial charge in [0.2, 0.25) is 0 Å². The van der Waals surface area contributed by atoms with E-state index in [0.717, 1.165) is 42.5 Å². The third-order valence-electron chi connectivity index (χ3n) is 3.41. The first-order valence-electron chi connectivity index (χ1n) is 6.96. The summed E-state index contributed by atoms with van der Waals surface area (Å²) in [5.74, 6) is -2.08. The van der Waals surface area contributed by atoms with Gasteiger partial charge in [-0.1, -0.05) is 47.5 Å². The first-order valence-corrected chi connectivity index (χ1v) is 8.51. The normalized spacial score (nSPS) is 14.0. The third-order valence-corrected chi connectivity index (χ3v) is 5.32. The summed E-state index contributed by atoms with van der Waals surface area (Å²) < 4.78 is 78.6. The lowest BCUT2D eigenvalue weighted by Crippen LogP contribution is -2.19. The summed E-state index contributed by atoms with van der Waals surface area (Å²) in [6.45, 7) is 0. The van der Waals surface area contributed by atoms with Gasteiger partial charge in [0.25, 0.3) is 0 Å². The van der Waals surface area contributed by atoms with Crippen molar-refractivity contribution < 1.29 is 26.3 Å². The van der Waals surface area contributed by atoms with Crippen molar-refractivity contribution in [2.24, 2.45) is 0 Å². The summed E-state index contributed by atoms with van der Waals surface area (Å²) in [6.07, 6.45) is -7.51. The molecule has 0 aliphatic carbocycles. The number of alkyl halides is 6. The van der Waals surface area contributed by atoms with Crippen LogP contribution in [0.15, 0.2) is 46.9 Å². The first-order chi connectivity index (χ1) is 11.9. The Balaban J connectivity index is 2.43. The highest BCUT2D eigenvalue weighted by atomic mass is 79.9. The zero-order chi connectivity index (χ0) is 19.7. The van der Waals surface area contributed by atoms with Crippen LogP contribution in [0.25, 0.3) is 6.08 Å². The van der Waals surface area contributed by atoms with E-state index in [1.165, 1.54) is 6.07 Å². The Labute approximate surface area is 163 Å². The molecule has 140 valence electrons. The second-order valence-electron chi connectivity index (χ2n) is 5.30. The van der Waals surface area contributed by atoms with Crippen LogP contribution < -0.4 is 0 Å². The maximum atomic E-state index is 13.4. The molecule has 1 atom stereocenters. The molecule has 0 heterocycles. The molecule has 0 bridgehead atoms. The van der Waals surface area contributed by atoms with Crippen molar-refractivity contribution in [1.29, 1.82) is 0 Å². The summed E-state index contributed by atoms with van der Waals surface area (Å²) >= 11 is 14.8. The SMILES string of the molecule is FC(F)(F)c1cccc(/C=C/C(c2cc(Cl)c(Br)c(Cl)c2)C(F)(F)F)c1. The van der Waals surface area contributed by atoms with Crippen molar-refractivity contribution in [1.82, 2.24) is 0 Å². The van der Waals surface area contributed by atoms with Crippen LogP contribution in [0.5, 0.6) is 0 Å². The maximum absolute atomic E-state index is 13.4. The van der Waals surface area contributed by atoms with Gasteiger partial charge in [-0.05, 0) is 51.3 Å². The van der Waals surface area contributed by atoms with Gasteiger partial charge in [-0.15, -0.1) is 0 Å². The van der Waals surface area contributed by atoms with E-state index in [1.54, 1.807) is 0 Å². The van der Waals surface area contributed by atoms with Crippen molar-refractivity contribution in [3.05, 3.63) is 73.7 Å². The number of hydrogen-bond acceptors (Lipinski definition) is 0. The average molecular weight is 478 g/mol. The molecular weight excluding hydrogens is 469 g/mol. The van der Waals surface area contributed by atoms with E-state index >= 15 is 0 Å². The van der Waals surface area contributed by atoms with Gasteiger partial charge in [-0.25, -0.2) is 0 Å². The number of halogens is 9. The topological polar surface area (TPSA) is 0 Å². The Hall–Kier alpha value is -1.18. The molecular formula is C17H9BrCl2F6. The Kier molecular flexibility index (Phi) is 6.36. The lowest BCUT2D eigenvalue weighted by Gasteiger charge is -2.18. The molecule has 0 aliphatic rings. The number of benzene rings is 2. The molecule has 1 unspecified atom stereocenters. The molecule has 0 spiro atoms. The number of allylic oxidation sites excluding steroid dienone is 1. The molecule has 2 rings (SSSR count). The predicted molar refractivity (Wildman–Crippen MR) is 93.4 cm³/mol. The van der Waals surface area contributed by atoms with Gasteiger partial charge < -0.3 is 0 Å². The summed E-state index contributed by atoms with van der Waals surface area (Å²) in [5, 5.41) is -0.0107. The Bertz CT molecular complexity index is 804. The van der Waals surface area contributed by atoms with E-state index in [0.29, 0.717) is 0 Å². The lowest BCUT2D eigenvalue weighted by molar-refractivity contribution is -0.139. The standard InChI is InChI=1S/C17H9BrCl2F6/c18-15-13(19)7-10(8-14(15)20)12(17(24,25)26)5-4-9-2-1-3-11(6-9)16(21,22)23/h1-8,12H/b5-4+. The highest BCUT2D eigenvalue weighted by Gasteiger charge is 2.39. The second-order valence-corrected chi connectivity index (χ2v) is 6.91. The number of rotatable bonds is 3. The smallest absolute Gasteiger partial charge is 0.170 e. The van der Waals surface area contributed by atoms with Gasteiger partial charge >= 0.3 is 12.4 Å². The summed E-state index contributed by atoms with van der Waals surface area (Å²) in [7, 11) is 0. The van der Waals surface area contributed by atoms with Crippen LogP contribution in [-0.2, 0) is 6.18 Å². The minimum atomic E-state index is -4.68. The molecule has 0 fully saturated rings. The van der Waals surface area contributed by atoms with Gasteiger partial charge in [-0.2, -0.15) is 26.3 Å². The van der Waals surface area contributed by atoms with Crippen molar-refractivity contribution >= 4 is 45.2 Å². The summed E-state index contributed by atoms with van der Waals surface area (Å²) in [6, 6.07) is 6.22. The van der Waals surface area contributed by atoms with Gasteiger partial charge in [0, 0.05) is 0 Å². The Morgan fingerprint density at radius 1 is 0.923 bits per heavy atom.